The van der Waals surface area contributed by atoms with Gasteiger partial charge in [0, 0.05) is 19.0 Å². The number of nitrogens with one attached hydrogen (secondary N) is 1. The van der Waals surface area contributed by atoms with Crippen LogP contribution in [0.3, 0.4) is 0 Å². The Kier molecular flexibility index (Phi) is 5.43. The van der Waals surface area contributed by atoms with Gasteiger partial charge in [-0.15, -0.1) is 10.2 Å². The van der Waals surface area contributed by atoms with Crippen molar-refractivity contribution in [1.29, 1.82) is 0 Å². The van der Waals surface area contributed by atoms with Gasteiger partial charge in [0.25, 0.3) is 5.91 Å². The van der Waals surface area contributed by atoms with E-state index in [4.69, 9.17) is 0 Å². The molecule has 0 aliphatic heterocycles. The quantitative estimate of drug-likeness (QED) is 0.720. The number of nitrogens with zero attached hydrogens (tertiary/aromatic N) is 4. The van der Waals surface area contributed by atoms with Gasteiger partial charge < -0.3 is 9.88 Å². The zero-order chi connectivity index (χ0) is 20.3. The summed E-state index contributed by atoms with van der Waals surface area (Å²) >= 11 is 0. The molecule has 3 rings (SSSR count). The van der Waals surface area contributed by atoms with Crippen LogP contribution in [0.4, 0.5) is 19.0 Å². The zero-order valence-electron chi connectivity index (χ0n) is 15.2. The van der Waals surface area contributed by atoms with Crippen LogP contribution in [0.5, 0.6) is 0 Å². The topological polar surface area (TPSA) is 72.7 Å². The molecule has 0 spiro atoms. The van der Waals surface area contributed by atoms with E-state index in [1.807, 2.05) is 24.6 Å². The van der Waals surface area contributed by atoms with Gasteiger partial charge in [0.15, 0.2) is 0 Å². The SMILES string of the molecule is C[C@H](Cc1nncn1C)c1cccc(C(=O)Nc2cccc(C(F)(F)F)n2)c1. The van der Waals surface area contributed by atoms with Gasteiger partial charge in [0.2, 0.25) is 0 Å². The molecule has 1 N–H and O–H groups in total. The van der Waals surface area contributed by atoms with Gasteiger partial charge in [-0.2, -0.15) is 13.2 Å². The van der Waals surface area contributed by atoms with Crippen molar-refractivity contribution >= 4 is 11.7 Å². The first-order valence-electron chi connectivity index (χ1n) is 8.52. The van der Waals surface area contributed by atoms with E-state index in [2.05, 4.69) is 20.5 Å². The molecule has 0 saturated heterocycles. The Morgan fingerprint density at radius 2 is 1.96 bits per heavy atom. The summed E-state index contributed by atoms with van der Waals surface area (Å²) in [6.45, 7) is 2.00. The second-order valence-electron chi connectivity index (χ2n) is 6.45. The number of aromatic nitrogens is 4. The molecule has 2 aromatic heterocycles. The number of benzene rings is 1. The average Bonchev–Trinajstić information content (AvgIpc) is 3.06. The van der Waals surface area contributed by atoms with Crippen LogP contribution >= 0.6 is 0 Å². The Hall–Kier alpha value is -3.23. The normalized spacial score (nSPS) is 12.6. The number of alkyl halides is 3. The summed E-state index contributed by atoms with van der Waals surface area (Å²) in [6, 6.07) is 10.3. The number of aryl methyl sites for hydroxylation is 1. The van der Waals surface area contributed by atoms with E-state index in [1.54, 1.807) is 24.5 Å². The molecule has 28 heavy (non-hydrogen) atoms. The molecular weight excluding hydrogens is 371 g/mol. The Morgan fingerprint density at radius 3 is 2.64 bits per heavy atom. The van der Waals surface area contributed by atoms with Crippen LogP contribution in [0.15, 0.2) is 48.8 Å². The third-order valence-corrected chi connectivity index (χ3v) is 4.29. The maximum absolute atomic E-state index is 12.8. The van der Waals surface area contributed by atoms with Gasteiger partial charge in [-0.1, -0.05) is 25.1 Å². The summed E-state index contributed by atoms with van der Waals surface area (Å²) < 4.78 is 40.1. The molecule has 6 nitrogen and oxygen atoms in total. The maximum atomic E-state index is 12.8. The molecule has 1 amide bonds. The number of anilines is 1. The van der Waals surface area contributed by atoms with Crippen molar-refractivity contribution in [2.75, 3.05) is 5.32 Å². The first kappa shape index (κ1) is 19.5. The lowest BCUT2D eigenvalue weighted by atomic mass is 9.95. The van der Waals surface area contributed by atoms with E-state index >= 15 is 0 Å². The van der Waals surface area contributed by atoms with Gasteiger partial charge in [-0.3, -0.25) is 4.79 Å². The Bertz CT molecular complexity index is 983. The standard InChI is InChI=1S/C19H18F3N5O/c1-12(9-17-26-23-11-27(17)2)13-5-3-6-14(10-13)18(28)25-16-8-4-7-15(24-16)19(20,21)22/h3-8,10-12H,9H2,1-2H3,(H,24,25,28)/t12-/m1/s1. The van der Waals surface area contributed by atoms with Crippen LogP contribution < -0.4 is 5.32 Å². The minimum atomic E-state index is -4.57. The van der Waals surface area contributed by atoms with Gasteiger partial charge in [0.05, 0.1) is 0 Å². The summed E-state index contributed by atoms with van der Waals surface area (Å²) in [7, 11) is 1.86. The summed E-state index contributed by atoms with van der Waals surface area (Å²) in [4.78, 5) is 15.9. The lowest BCUT2D eigenvalue weighted by molar-refractivity contribution is -0.141. The predicted molar refractivity (Wildman–Crippen MR) is 96.8 cm³/mol. The second-order valence-corrected chi connectivity index (χ2v) is 6.45. The third-order valence-electron chi connectivity index (χ3n) is 4.29. The fourth-order valence-electron chi connectivity index (χ4n) is 2.72. The Morgan fingerprint density at radius 1 is 1.21 bits per heavy atom. The number of amides is 1. The molecule has 0 bridgehead atoms. The first-order valence-corrected chi connectivity index (χ1v) is 8.52. The molecule has 3 aromatic rings. The number of halogens is 3. The minimum Gasteiger partial charge on any atom is -0.321 e. The summed E-state index contributed by atoms with van der Waals surface area (Å²) in [5.41, 5.74) is 0.186. The van der Waals surface area contributed by atoms with Crippen LogP contribution in [0.25, 0.3) is 0 Å². The highest BCUT2D eigenvalue weighted by Gasteiger charge is 2.32. The molecule has 0 saturated carbocycles. The van der Waals surface area contributed by atoms with E-state index in [1.165, 1.54) is 12.1 Å². The van der Waals surface area contributed by atoms with E-state index in [0.717, 1.165) is 17.5 Å². The maximum Gasteiger partial charge on any atom is 0.433 e. The van der Waals surface area contributed by atoms with E-state index in [0.29, 0.717) is 12.0 Å². The number of carbonyl (C=O) groups excluding carboxylic acids is 1. The number of carbonyl (C=O) groups is 1. The van der Waals surface area contributed by atoms with E-state index in [9.17, 15) is 18.0 Å². The Balaban J connectivity index is 1.74. The van der Waals surface area contributed by atoms with E-state index in [-0.39, 0.29) is 11.7 Å². The van der Waals surface area contributed by atoms with Crippen LogP contribution in [-0.4, -0.2) is 25.7 Å². The molecule has 0 aliphatic rings. The number of rotatable bonds is 5. The average molecular weight is 389 g/mol. The summed E-state index contributed by atoms with van der Waals surface area (Å²) in [6.07, 6.45) is -2.32. The second kappa shape index (κ2) is 7.79. The zero-order valence-corrected chi connectivity index (χ0v) is 15.2. The highest BCUT2D eigenvalue weighted by molar-refractivity contribution is 6.03. The molecule has 0 aliphatic carbocycles. The molecule has 2 heterocycles. The van der Waals surface area contributed by atoms with Crippen molar-refractivity contribution in [2.45, 2.75) is 25.4 Å². The fourth-order valence-corrected chi connectivity index (χ4v) is 2.72. The Labute approximate surface area is 159 Å². The molecule has 0 radical (unpaired) electrons. The monoisotopic (exact) mass is 389 g/mol. The van der Waals surface area contributed by atoms with Crippen molar-refractivity contribution < 1.29 is 18.0 Å². The number of hydrogen-bond donors (Lipinski definition) is 1. The van der Waals surface area contributed by atoms with Crippen molar-refractivity contribution in [3.8, 4) is 0 Å². The molecule has 0 fully saturated rings. The molecule has 1 aromatic carbocycles. The predicted octanol–water partition coefficient (Wildman–Crippen LogP) is 3.83. The van der Waals surface area contributed by atoms with Gasteiger partial charge >= 0.3 is 6.18 Å². The lowest BCUT2D eigenvalue weighted by Gasteiger charge is -2.13. The smallest absolute Gasteiger partial charge is 0.321 e. The van der Waals surface area contributed by atoms with Crippen molar-refractivity contribution in [3.05, 3.63) is 71.4 Å². The highest BCUT2D eigenvalue weighted by atomic mass is 19.4. The van der Waals surface area contributed by atoms with Crippen LogP contribution in [-0.2, 0) is 19.6 Å². The lowest BCUT2D eigenvalue weighted by Crippen LogP contribution is -2.16. The molecular formula is C19H18F3N5O. The highest BCUT2D eigenvalue weighted by Crippen LogP contribution is 2.28. The van der Waals surface area contributed by atoms with Crippen LogP contribution in [0.1, 0.15) is 40.3 Å². The fraction of sp³-hybridized carbons (Fsp3) is 0.263. The van der Waals surface area contributed by atoms with Gasteiger partial charge in [-0.05, 0) is 35.7 Å². The molecule has 9 heteroatoms. The minimum absolute atomic E-state index is 0.0716. The molecule has 146 valence electrons. The van der Waals surface area contributed by atoms with Crippen molar-refractivity contribution in [2.24, 2.45) is 7.05 Å². The van der Waals surface area contributed by atoms with Crippen molar-refractivity contribution in [1.82, 2.24) is 19.7 Å². The number of hydrogen-bond acceptors (Lipinski definition) is 4. The third kappa shape index (κ3) is 4.54. The summed E-state index contributed by atoms with van der Waals surface area (Å²) in [5.74, 6) is 0.203. The molecule has 1 atom stereocenters. The summed E-state index contributed by atoms with van der Waals surface area (Å²) in [5, 5.41) is 10.3. The number of pyridine rings is 1. The van der Waals surface area contributed by atoms with E-state index < -0.39 is 17.8 Å². The molecule has 0 unspecified atom stereocenters. The van der Waals surface area contributed by atoms with Crippen LogP contribution in [0, 0.1) is 0 Å². The first-order chi connectivity index (χ1) is 13.2. The van der Waals surface area contributed by atoms with Crippen molar-refractivity contribution in [3.63, 3.8) is 0 Å². The van der Waals surface area contributed by atoms with Gasteiger partial charge in [0.1, 0.15) is 23.7 Å². The van der Waals surface area contributed by atoms with Gasteiger partial charge in [-0.25, -0.2) is 4.98 Å². The van der Waals surface area contributed by atoms with Crippen LogP contribution in [0.2, 0.25) is 0 Å². The largest absolute Gasteiger partial charge is 0.433 e.